The molecule has 1 fully saturated rings. The summed E-state index contributed by atoms with van der Waals surface area (Å²) in [7, 11) is -0.848. The van der Waals surface area contributed by atoms with Crippen molar-refractivity contribution >= 4 is 9.84 Å². The molecule has 1 aromatic heterocycles. The Bertz CT molecular complexity index is 800. The number of aromatic nitrogens is 3. The largest absolute Gasteiger partial charge is 0.302 e. The van der Waals surface area contributed by atoms with Gasteiger partial charge in [-0.25, -0.2) is 18.1 Å². The first-order valence-electron chi connectivity index (χ1n) is 8.26. The Balaban J connectivity index is 1.59. The van der Waals surface area contributed by atoms with Crippen LogP contribution in [0, 0.1) is 6.92 Å². The zero-order chi connectivity index (χ0) is 17.2. The van der Waals surface area contributed by atoms with Gasteiger partial charge in [-0.1, -0.05) is 29.8 Å². The lowest BCUT2D eigenvalue weighted by Gasteiger charge is -2.22. The molecule has 130 valence electrons. The Hall–Kier alpha value is -1.73. The standard InChI is InChI=1S/C17H24N4O2S/c1-14-4-3-5-15(10-14)11-21-17(18-13-19-21)6-8-20(2)16-7-9-24(22,23)12-16/h3-5,10,13,16H,6-9,11-12H2,1-2H3/t16-/m0/s1. The number of hydrogen-bond donors (Lipinski definition) is 0. The molecule has 0 bridgehead atoms. The summed E-state index contributed by atoms with van der Waals surface area (Å²) < 4.78 is 25.1. The lowest BCUT2D eigenvalue weighted by molar-refractivity contribution is 0.262. The van der Waals surface area contributed by atoms with Crippen LogP contribution in [-0.2, 0) is 22.8 Å². The Morgan fingerprint density at radius 2 is 2.21 bits per heavy atom. The number of benzene rings is 1. The number of aryl methyl sites for hydroxylation is 1. The van der Waals surface area contributed by atoms with Gasteiger partial charge < -0.3 is 4.90 Å². The van der Waals surface area contributed by atoms with E-state index in [0.717, 1.165) is 25.2 Å². The maximum Gasteiger partial charge on any atom is 0.151 e. The summed E-state index contributed by atoms with van der Waals surface area (Å²) >= 11 is 0. The maximum absolute atomic E-state index is 11.6. The van der Waals surface area contributed by atoms with Crippen LogP contribution in [0.25, 0.3) is 0 Å². The van der Waals surface area contributed by atoms with E-state index in [1.165, 1.54) is 11.1 Å². The first-order valence-corrected chi connectivity index (χ1v) is 10.1. The van der Waals surface area contributed by atoms with Crippen molar-refractivity contribution in [1.82, 2.24) is 19.7 Å². The number of rotatable bonds is 6. The topological polar surface area (TPSA) is 68.1 Å². The molecule has 24 heavy (non-hydrogen) atoms. The van der Waals surface area contributed by atoms with Crippen LogP contribution in [-0.4, -0.2) is 59.2 Å². The molecule has 0 N–H and O–H groups in total. The molecule has 2 heterocycles. The normalized spacial score (nSPS) is 19.9. The minimum Gasteiger partial charge on any atom is -0.302 e. The molecule has 0 unspecified atom stereocenters. The highest BCUT2D eigenvalue weighted by atomic mass is 32.2. The molecule has 0 amide bonds. The van der Waals surface area contributed by atoms with Gasteiger partial charge >= 0.3 is 0 Å². The van der Waals surface area contributed by atoms with Crippen LogP contribution < -0.4 is 0 Å². The van der Waals surface area contributed by atoms with Gasteiger partial charge in [0.2, 0.25) is 0 Å². The van der Waals surface area contributed by atoms with E-state index in [0.29, 0.717) is 12.3 Å². The summed E-state index contributed by atoms with van der Waals surface area (Å²) in [5.74, 6) is 1.52. The zero-order valence-electron chi connectivity index (χ0n) is 14.2. The lowest BCUT2D eigenvalue weighted by atomic mass is 10.1. The van der Waals surface area contributed by atoms with Crippen LogP contribution in [0.4, 0.5) is 0 Å². The van der Waals surface area contributed by atoms with E-state index in [1.807, 2.05) is 11.7 Å². The van der Waals surface area contributed by atoms with Crippen LogP contribution in [0.15, 0.2) is 30.6 Å². The minimum atomic E-state index is -2.84. The summed E-state index contributed by atoms with van der Waals surface area (Å²) in [6, 6.07) is 8.50. The van der Waals surface area contributed by atoms with E-state index in [4.69, 9.17) is 0 Å². The third-order valence-electron chi connectivity index (χ3n) is 4.63. The highest BCUT2D eigenvalue weighted by Gasteiger charge is 2.30. The van der Waals surface area contributed by atoms with Crippen molar-refractivity contribution in [1.29, 1.82) is 0 Å². The Labute approximate surface area is 143 Å². The molecule has 3 rings (SSSR count). The fourth-order valence-corrected chi connectivity index (χ4v) is 4.98. The fourth-order valence-electron chi connectivity index (χ4n) is 3.18. The van der Waals surface area contributed by atoms with Crippen LogP contribution >= 0.6 is 0 Å². The van der Waals surface area contributed by atoms with Crippen molar-refractivity contribution in [3.63, 3.8) is 0 Å². The highest BCUT2D eigenvalue weighted by Crippen LogP contribution is 2.16. The monoisotopic (exact) mass is 348 g/mol. The Morgan fingerprint density at radius 3 is 2.92 bits per heavy atom. The molecule has 1 saturated heterocycles. The van der Waals surface area contributed by atoms with Gasteiger partial charge in [-0.3, -0.25) is 0 Å². The predicted molar refractivity (Wildman–Crippen MR) is 93.7 cm³/mol. The number of nitrogens with zero attached hydrogens (tertiary/aromatic N) is 4. The summed E-state index contributed by atoms with van der Waals surface area (Å²) in [5, 5.41) is 4.33. The van der Waals surface area contributed by atoms with E-state index in [1.54, 1.807) is 6.33 Å². The Kier molecular flexibility index (Phi) is 5.01. The molecule has 1 aliphatic heterocycles. The van der Waals surface area contributed by atoms with Gasteiger partial charge in [-0.05, 0) is 26.0 Å². The molecule has 1 aliphatic rings. The molecular weight excluding hydrogens is 324 g/mol. The van der Waals surface area contributed by atoms with Gasteiger partial charge in [0, 0.05) is 19.0 Å². The summed E-state index contributed by atoms with van der Waals surface area (Å²) in [4.78, 5) is 6.50. The first kappa shape index (κ1) is 17.1. The summed E-state index contributed by atoms with van der Waals surface area (Å²) in [5.41, 5.74) is 2.44. The molecule has 0 saturated carbocycles. The van der Waals surface area contributed by atoms with Gasteiger partial charge in [0.05, 0.1) is 18.1 Å². The molecule has 6 nitrogen and oxygen atoms in total. The first-order chi connectivity index (χ1) is 11.4. The molecule has 7 heteroatoms. The van der Waals surface area contributed by atoms with Crippen molar-refractivity contribution in [2.75, 3.05) is 25.1 Å². The molecule has 1 aromatic carbocycles. The van der Waals surface area contributed by atoms with Crippen LogP contribution in [0.2, 0.25) is 0 Å². The molecule has 0 spiro atoms. The van der Waals surface area contributed by atoms with Crippen LogP contribution in [0.5, 0.6) is 0 Å². The predicted octanol–water partition coefficient (Wildman–Crippen LogP) is 1.30. The Morgan fingerprint density at radius 1 is 1.38 bits per heavy atom. The molecular formula is C17H24N4O2S. The van der Waals surface area contributed by atoms with Gasteiger partial charge in [-0.2, -0.15) is 5.10 Å². The van der Waals surface area contributed by atoms with Crippen molar-refractivity contribution in [3.05, 3.63) is 47.5 Å². The highest BCUT2D eigenvalue weighted by molar-refractivity contribution is 7.91. The lowest BCUT2D eigenvalue weighted by Crippen LogP contribution is -2.34. The van der Waals surface area contributed by atoms with Crippen molar-refractivity contribution < 1.29 is 8.42 Å². The van der Waals surface area contributed by atoms with Gasteiger partial charge in [0.15, 0.2) is 9.84 Å². The number of likely N-dealkylation sites (N-methyl/N-ethyl adjacent to an activating group) is 1. The third-order valence-corrected chi connectivity index (χ3v) is 6.38. The zero-order valence-corrected chi connectivity index (χ0v) is 15.0. The molecule has 0 aliphatic carbocycles. The molecule has 2 aromatic rings. The fraction of sp³-hybridized carbons (Fsp3) is 0.529. The average Bonchev–Trinajstić information content (AvgIpc) is 3.11. The summed E-state index contributed by atoms with van der Waals surface area (Å²) in [6.45, 7) is 3.57. The quantitative estimate of drug-likeness (QED) is 0.787. The van der Waals surface area contributed by atoms with Crippen molar-refractivity contribution in [2.45, 2.75) is 32.4 Å². The van der Waals surface area contributed by atoms with E-state index in [-0.39, 0.29) is 11.8 Å². The van der Waals surface area contributed by atoms with Crippen LogP contribution in [0.3, 0.4) is 0 Å². The van der Waals surface area contributed by atoms with Crippen LogP contribution in [0.1, 0.15) is 23.4 Å². The molecule has 1 atom stereocenters. The SMILES string of the molecule is Cc1cccc(Cn2ncnc2CCN(C)[C@H]2CCS(=O)(=O)C2)c1. The van der Waals surface area contributed by atoms with E-state index < -0.39 is 9.84 Å². The van der Waals surface area contributed by atoms with Gasteiger partial charge in [0.1, 0.15) is 12.2 Å². The molecule has 0 radical (unpaired) electrons. The second-order valence-electron chi connectivity index (χ2n) is 6.61. The number of hydrogen-bond acceptors (Lipinski definition) is 5. The minimum absolute atomic E-state index is 0.128. The third kappa shape index (κ3) is 4.21. The second-order valence-corrected chi connectivity index (χ2v) is 8.84. The maximum atomic E-state index is 11.6. The average molecular weight is 348 g/mol. The van der Waals surface area contributed by atoms with E-state index >= 15 is 0 Å². The van der Waals surface area contributed by atoms with Gasteiger partial charge in [0.25, 0.3) is 0 Å². The van der Waals surface area contributed by atoms with E-state index in [2.05, 4.69) is 46.2 Å². The van der Waals surface area contributed by atoms with Gasteiger partial charge in [-0.15, -0.1) is 0 Å². The van der Waals surface area contributed by atoms with Crippen molar-refractivity contribution in [3.8, 4) is 0 Å². The summed E-state index contributed by atoms with van der Waals surface area (Å²) in [6.07, 6.45) is 3.08. The van der Waals surface area contributed by atoms with E-state index in [9.17, 15) is 8.42 Å². The van der Waals surface area contributed by atoms with Crippen molar-refractivity contribution in [2.24, 2.45) is 0 Å². The number of sulfone groups is 1. The smallest absolute Gasteiger partial charge is 0.151 e. The second kappa shape index (κ2) is 7.03.